The van der Waals surface area contributed by atoms with Gasteiger partial charge in [0.1, 0.15) is 17.2 Å². The van der Waals surface area contributed by atoms with Crippen LogP contribution in [-0.4, -0.2) is 24.7 Å². The topological polar surface area (TPSA) is 38.3 Å². The summed E-state index contributed by atoms with van der Waals surface area (Å²) in [5.41, 5.74) is -0.873. The Bertz CT molecular complexity index is 407. The highest BCUT2D eigenvalue weighted by atomic mass is 19.1. The zero-order valence-corrected chi connectivity index (χ0v) is 10.7. The fourth-order valence-electron chi connectivity index (χ4n) is 1.32. The molecule has 5 heteroatoms. The van der Waals surface area contributed by atoms with Crippen LogP contribution in [0.5, 0.6) is 0 Å². The van der Waals surface area contributed by atoms with Gasteiger partial charge >= 0.3 is 0 Å². The normalized spacial score (nSPS) is 11.4. The van der Waals surface area contributed by atoms with Crippen molar-refractivity contribution in [3.05, 3.63) is 35.4 Å². The first kappa shape index (κ1) is 14.6. The summed E-state index contributed by atoms with van der Waals surface area (Å²) < 4.78 is 31.9. The number of nitrogens with one attached hydrogen (secondary N) is 1. The molecule has 0 unspecified atom stereocenters. The summed E-state index contributed by atoms with van der Waals surface area (Å²) in [6.07, 6.45) is 0. The van der Waals surface area contributed by atoms with Gasteiger partial charge in [0.15, 0.2) is 0 Å². The summed E-state index contributed by atoms with van der Waals surface area (Å²) in [7, 11) is 0. The minimum Gasteiger partial charge on any atom is -0.374 e. The molecule has 100 valence electrons. The molecule has 0 fully saturated rings. The fraction of sp³-hybridized carbons (Fsp3) is 0.462. The molecule has 1 N–H and O–H groups in total. The Balaban J connectivity index is 2.51. The van der Waals surface area contributed by atoms with Crippen molar-refractivity contribution in [1.29, 1.82) is 0 Å². The maximum atomic E-state index is 13.3. The van der Waals surface area contributed by atoms with Crippen LogP contribution >= 0.6 is 0 Å². The second kappa shape index (κ2) is 5.91. The van der Waals surface area contributed by atoms with Gasteiger partial charge in [0.2, 0.25) is 0 Å². The molecule has 3 nitrogen and oxygen atoms in total. The Kier molecular flexibility index (Phi) is 4.78. The number of carbonyl (C=O) groups is 1. The highest BCUT2D eigenvalue weighted by molar-refractivity contribution is 5.94. The molecule has 0 spiro atoms. The van der Waals surface area contributed by atoms with Crippen molar-refractivity contribution < 1.29 is 18.3 Å². The first-order valence-electron chi connectivity index (χ1n) is 5.67. The van der Waals surface area contributed by atoms with Gasteiger partial charge in [0.05, 0.1) is 12.2 Å². The molecule has 0 radical (unpaired) electrons. The number of rotatable bonds is 4. The number of hydrogen-bond acceptors (Lipinski definition) is 2. The predicted octanol–water partition coefficient (Wildman–Crippen LogP) is 2.51. The van der Waals surface area contributed by atoms with Crippen LogP contribution in [-0.2, 0) is 4.74 Å². The lowest BCUT2D eigenvalue weighted by molar-refractivity contribution is -0.000685. The van der Waals surface area contributed by atoms with Crippen LogP contribution in [0.2, 0.25) is 0 Å². The van der Waals surface area contributed by atoms with E-state index in [-0.39, 0.29) is 18.8 Å². The zero-order valence-electron chi connectivity index (χ0n) is 10.7. The second-order valence-electron chi connectivity index (χ2n) is 4.81. The summed E-state index contributed by atoms with van der Waals surface area (Å²) in [5.74, 6) is -2.52. The molecule has 1 rings (SSSR count). The Hall–Kier alpha value is -1.49. The lowest BCUT2D eigenvalue weighted by atomic mass is 10.2. The number of carbonyl (C=O) groups excluding carboxylic acids is 1. The van der Waals surface area contributed by atoms with Gasteiger partial charge in [-0.15, -0.1) is 0 Å². The Morgan fingerprint density at radius 3 is 2.33 bits per heavy atom. The molecule has 0 aliphatic rings. The first-order valence-corrected chi connectivity index (χ1v) is 5.67. The van der Waals surface area contributed by atoms with Gasteiger partial charge in [0, 0.05) is 6.54 Å². The van der Waals surface area contributed by atoms with E-state index in [2.05, 4.69) is 5.32 Å². The number of benzene rings is 1. The highest BCUT2D eigenvalue weighted by Gasteiger charge is 2.16. The molecule has 0 aliphatic heterocycles. The summed E-state index contributed by atoms with van der Waals surface area (Å²) in [5, 5.41) is 2.41. The molecule has 0 saturated carbocycles. The van der Waals surface area contributed by atoms with Gasteiger partial charge in [-0.3, -0.25) is 4.79 Å². The van der Waals surface area contributed by atoms with Crippen molar-refractivity contribution >= 4 is 5.91 Å². The summed E-state index contributed by atoms with van der Waals surface area (Å²) in [6.45, 7) is 6.12. The maximum absolute atomic E-state index is 13.3. The maximum Gasteiger partial charge on any atom is 0.257 e. The number of amides is 1. The molecule has 0 aliphatic carbocycles. The van der Waals surface area contributed by atoms with Crippen molar-refractivity contribution in [3.8, 4) is 0 Å². The SMILES string of the molecule is CC(C)(C)OCCNC(=O)c1c(F)cccc1F. The third kappa shape index (κ3) is 4.41. The predicted molar refractivity (Wildman–Crippen MR) is 64.4 cm³/mol. The Morgan fingerprint density at radius 2 is 1.83 bits per heavy atom. The van der Waals surface area contributed by atoms with E-state index in [0.29, 0.717) is 0 Å². The molecule has 0 saturated heterocycles. The van der Waals surface area contributed by atoms with Crippen molar-refractivity contribution in [2.24, 2.45) is 0 Å². The molecule has 0 bridgehead atoms. The van der Waals surface area contributed by atoms with Crippen molar-refractivity contribution in [2.75, 3.05) is 13.2 Å². The molecular formula is C13H17F2NO2. The van der Waals surface area contributed by atoms with Gasteiger partial charge in [-0.25, -0.2) is 8.78 Å². The largest absolute Gasteiger partial charge is 0.374 e. The fourth-order valence-corrected chi connectivity index (χ4v) is 1.32. The first-order chi connectivity index (χ1) is 8.31. The van der Waals surface area contributed by atoms with Gasteiger partial charge in [-0.2, -0.15) is 0 Å². The minimum atomic E-state index is -0.871. The Morgan fingerprint density at radius 1 is 1.28 bits per heavy atom. The van der Waals surface area contributed by atoms with E-state index >= 15 is 0 Å². The molecule has 18 heavy (non-hydrogen) atoms. The number of hydrogen-bond donors (Lipinski definition) is 1. The van der Waals surface area contributed by atoms with E-state index in [1.54, 1.807) is 0 Å². The quantitative estimate of drug-likeness (QED) is 0.842. The lowest BCUT2D eigenvalue weighted by Gasteiger charge is -2.19. The smallest absolute Gasteiger partial charge is 0.257 e. The third-order valence-corrected chi connectivity index (χ3v) is 2.11. The van der Waals surface area contributed by atoms with E-state index in [0.717, 1.165) is 12.1 Å². The van der Waals surface area contributed by atoms with Gasteiger partial charge < -0.3 is 10.1 Å². The van der Waals surface area contributed by atoms with Crippen LogP contribution in [0, 0.1) is 11.6 Å². The number of halogens is 2. The summed E-state index contributed by atoms with van der Waals surface area (Å²) in [4.78, 5) is 11.6. The molecule has 0 aromatic heterocycles. The van der Waals surface area contributed by atoms with E-state index in [1.807, 2.05) is 20.8 Å². The van der Waals surface area contributed by atoms with Crippen LogP contribution in [0.3, 0.4) is 0 Å². The van der Waals surface area contributed by atoms with Gasteiger partial charge in [-0.05, 0) is 32.9 Å². The van der Waals surface area contributed by atoms with Crippen molar-refractivity contribution in [1.82, 2.24) is 5.32 Å². The molecule has 1 aromatic rings. The Labute approximate surface area is 105 Å². The van der Waals surface area contributed by atoms with E-state index in [4.69, 9.17) is 4.74 Å². The number of ether oxygens (including phenoxy) is 1. The summed E-state index contributed by atoms with van der Waals surface area (Å²) >= 11 is 0. The summed E-state index contributed by atoms with van der Waals surface area (Å²) in [6, 6.07) is 3.30. The highest BCUT2D eigenvalue weighted by Crippen LogP contribution is 2.11. The van der Waals surface area contributed by atoms with Crippen LogP contribution in [0.4, 0.5) is 8.78 Å². The second-order valence-corrected chi connectivity index (χ2v) is 4.81. The lowest BCUT2D eigenvalue weighted by Crippen LogP contribution is -2.31. The van der Waals surface area contributed by atoms with Gasteiger partial charge in [-0.1, -0.05) is 6.07 Å². The average molecular weight is 257 g/mol. The van der Waals surface area contributed by atoms with E-state index in [1.165, 1.54) is 6.07 Å². The molecule has 0 heterocycles. The monoisotopic (exact) mass is 257 g/mol. The van der Waals surface area contributed by atoms with Crippen molar-refractivity contribution in [3.63, 3.8) is 0 Å². The van der Waals surface area contributed by atoms with E-state index in [9.17, 15) is 13.6 Å². The molecule has 1 amide bonds. The van der Waals surface area contributed by atoms with Crippen LogP contribution < -0.4 is 5.32 Å². The van der Waals surface area contributed by atoms with Crippen LogP contribution in [0.25, 0.3) is 0 Å². The van der Waals surface area contributed by atoms with Gasteiger partial charge in [0.25, 0.3) is 5.91 Å². The molecule has 1 aromatic carbocycles. The molecular weight excluding hydrogens is 240 g/mol. The van der Waals surface area contributed by atoms with E-state index < -0.39 is 23.1 Å². The van der Waals surface area contributed by atoms with Crippen LogP contribution in [0.1, 0.15) is 31.1 Å². The minimum absolute atomic E-state index is 0.198. The van der Waals surface area contributed by atoms with Crippen LogP contribution in [0.15, 0.2) is 18.2 Å². The average Bonchev–Trinajstić information content (AvgIpc) is 2.23. The third-order valence-electron chi connectivity index (χ3n) is 2.11. The standard InChI is InChI=1S/C13H17F2NO2/c1-13(2,3)18-8-7-16-12(17)11-9(14)5-4-6-10(11)15/h4-6H,7-8H2,1-3H3,(H,16,17). The zero-order chi connectivity index (χ0) is 13.8. The molecule has 0 atom stereocenters. The van der Waals surface area contributed by atoms with Crippen molar-refractivity contribution in [2.45, 2.75) is 26.4 Å².